The first-order chi connectivity index (χ1) is 10.1. The summed E-state index contributed by atoms with van der Waals surface area (Å²) in [6.07, 6.45) is 1.99. The first kappa shape index (κ1) is 15.3. The van der Waals surface area contributed by atoms with Gasteiger partial charge in [0.25, 0.3) is 0 Å². The van der Waals surface area contributed by atoms with Crippen LogP contribution in [0.5, 0.6) is 5.75 Å². The molecule has 5 heteroatoms. The highest BCUT2D eigenvalue weighted by Crippen LogP contribution is 2.30. The molecule has 0 unspecified atom stereocenters. The second-order valence-corrected chi connectivity index (χ2v) is 5.47. The molecule has 0 bridgehead atoms. The predicted molar refractivity (Wildman–Crippen MR) is 86.4 cm³/mol. The highest BCUT2D eigenvalue weighted by Gasteiger charge is 2.15. The van der Waals surface area contributed by atoms with E-state index < -0.39 is 4.92 Å². The second-order valence-electron chi connectivity index (χ2n) is 4.56. The van der Waals surface area contributed by atoms with Crippen molar-refractivity contribution in [1.29, 1.82) is 0 Å². The Balaban J connectivity index is 2.10. The average Bonchev–Trinajstić information content (AvgIpc) is 2.47. The number of hydrogen-bond donors (Lipinski definition) is 0. The Labute approximate surface area is 131 Å². The Morgan fingerprint density at radius 2 is 2.00 bits per heavy atom. The summed E-state index contributed by atoms with van der Waals surface area (Å²) in [6, 6.07) is 14.6. The molecule has 0 aliphatic rings. The van der Waals surface area contributed by atoms with Crippen molar-refractivity contribution < 1.29 is 9.66 Å². The molecule has 0 N–H and O–H groups in total. The Morgan fingerprint density at radius 3 is 2.67 bits per heavy atom. The lowest BCUT2D eigenvalue weighted by Crippen LogP contribution is -2.01. The lowest BCUT2D eigenvalue weighted by molar-refractivity contribution is -0.385. The molecule has 0 aliphatic carbocycles. The number of rotatable bonds is 5. The van der Waals surface area contributed by atoms with Crippen LogP contribution in [-0.4, -0.2) is 11.5 Å². The normalized spacial score (nSPS) is 11.2. The van der Waals surface area contributed by atoms with Gasteiger partial charge >= 0.3 is 5.69 Å². The van der Waals surface area contributed by atoms with Gasteiger partial charge in [-0.15, -0.1) is 0 Å². The van der Waals surface area contributed by atoms with E-state index in [1.807, 2.05) is 43.3 Å². The second kappa shape index (κ2) is 7.04. The molecule has 0 atom stereocenters. The zero-order valence-electron chi connectivity index (χ0n) is 11.5. The number of hydrogen-bond acceptors (Lipinski definition) is 3. The summed E-state index contributed by atoms with van der Waals surface area (Å²) in [5.41, 5.74) is 2.01. The fourth-order valence-corrected chi connectivity index (χ4v) is 2.17. The molecule has 21 heavy (non-hydrogen) atoms. The average molecular weight is 348 g/mol. The first-order valence-electron chi connectivity index (χ1n) is 6.35. The van der Waals surface area contributed by atoms with Crippen LogP contribution in [0.2, 0.25) is 0 Å². The van der Waals surface area contributed by atoms with Gasteiger partial charge in [-0.2, -0.15) is 0 Å². The number of ether oxygens (including phenoxy) is 1. The van der Waals surface area contributed by atoms with Crippen molar-refractivity contribution in [3.8, 4) is 5.75 Å². The molecule has 0 spiro atoms. The van der Waals surface area contributed by atoms with Gasteiger partial charge in [0, 0.05) is 10.5 Å². The molecular weight excluding hydrogens is 334 g/mol. The molecule has 0 amide bonds. The minimum atomic E-state index is -0.448. The largest absolute Gasteiger partial charge is 0.482 e. The zero-order chi connectivity index (χ0) is 15.2. The van der Waals surface area contributed by atoms with Crippen LogP contribution in [-0.2, 0) is 0 Å². The van der Waals surface area contributed by atoms with Crippen molar-refractivity contribution in [3.63, 3.8) is 0 Å². The summed E-state index contributed by atoms with van der Waals surface area (Å²) in [6.45, 7) is 2.23. The monoisotopic (exact) mass is 347 g/mol. The Hall–Kier alpha value is -2.14. The molecule has 0 saturated carbocycles. The molecule has 0 radical (unpaired) electrons. The number of nitro groups is 1. The summed E-state index contributed by atoms with van der Waals surface area (Å²) >= 11 is 3.22. The Bertz CT molecular complexity index is 668. The van der Waals surface area contributed by atoms with Gasteiger partial charge in [-0.25, -0.2) is 0 Å². The summed E-state index contributed by atoms with van der Waals surface area (Å²) in [5, 5.41) is 11.0. The molecule has 0 heterocycles. The number of halogens is 1. The highest BCUT2D eigenvalue weighted by molar-refractivity contribution is 9.10. The summed E-state index contributed by atoms with van der Waals surface area (Å²) in [7, 11) is 0. The number of benzene rings is 2. The zero-order valence-corrected chi connectivity index (χ0v) is 13.0. The van der Waals surface area contributed by atoms with Gasteiger partial charge in [0.2, 0.25) is 0 Å². The maximum absolute atomic E-state index is 11.0. The van der Waals surface area contributed by atoms with E-state index in [-0.39, 0.29) is 11.4 Å². The van der Waals surface area contributed by atoms with Crippen LogP contribution in [0.4, 0.5) is 5.69 Å². The molecule has 0 aromatic heterocycles. The third-order valence-corrected chi connectivity index (χ3v) is 3.28. The van der Waals surface area contributed by atoms with E-state index in [4.69, 9.17) is 4.74 Å². The number of nitro benzene ring substituents is 1. The van der Waals surface area contributed by atoms with Crippen molar-refractivity contribution in [2.24, 2.45) is 0 Å². The molecule has 108 valence electrons. The SMILES string of the molecule is CC(=Cc1ccccc1)COc1ccc(Br)cc1[N+](=O)[O-]. The molecule has 2 aromatic carbocycles. The van der Waals surface area contributed by atoms with Crippen molar-refractivity contribution in [1.82, 2.24) is 0 Å². The van der Waals surface area contributed by atoms with E-state index in [1.54, 1.807) is 12.1 Å². The molecule has 0 aliphatic heterocycles. The van der Waals surface area contributed by atoms with E-state index in [0.29, 0.717) is 11.1 Å². The minimum Gasteiger partial charge on any atom is -0.482 e. The minimum absolute atomic E-state index is 0.0445. The van der Waals surface area contributed by atoms with Crippen LogP contribution in [0.25, 0.3) is 6.08 Å². The summed E-state index contributed by atoms with van der Waals surface area (Å²) < 4.78 is 6.21. The topological polar surface area (TPSA) is 52.4 Å². The van der Waals surface area contributed by atoms with Crippen LogP contribution < -0.4 is 4.74 Å². The molecule has 2 aromatic rings. The maximum Gasteiger partial charge on any atom is 0.312 e. The molecule has 2 rings (SSSR count). The molecule has 4 nitrogen and oxygen atoms in total. The van der Waals surface area contributed by atoms with E-state index in [2.05, 4.69) is 15.9 Å². The van der Waals surface area contributed by atoms with Crippen LogP contribution in [0.3, 0.4) is 0 Å². The van der Waals surface area contributed by atoms with Gasteiger partial charge in [0.15, 0.2) is 5.75 Å². The van der Waals surface area contributed by atoms with E-state index in [0.717, 1.165) is 11.1 Å². The van der Waals surface area contributed by atoms with Crippen molar-refractivity contribution in [2.45, 2.75) is 6.92 Å². The fourth-order valence-electron chi connectivity index (χ4n) is 1.82. The van der Waals surface area contributed by atoms with Gasteiger partial charge in [-0.05, 0) is 30.2 Å². The predicted octanol–water partition coefficient (Wildman–Crippen LogP) is 4.84. The van der Waals surface area contributed by atoms with Crippen LogP contribution >= 0.6 is 15.9 Å². The van der Waals surface area contributed by atoms with Crippen LogP contribution in [0.1, 0.15) is 12.5 Å². The Morgan fingerprint density at radius 1 is 1.29 bits per heavy atom. The van der Waals surface area contributed by atoms with E-state index >= 15 is 0 Å². The first-order valence-corrected chi connectivity index (χ1v) is 7.14. The molecule has 0 saturated heterocycles. The van der Waals surface area contributed by atoms with Gasteiger partial charge in [-0.1, -0.05) is 52.3 Å². The van der Waals surface area contributed by atoms with Crippen molar-refractivity contribution in [3.05, 3.63) is 74.3 Å². The van der Waals surface area contributed by atoms with Gasteiger partial charge < -0.3 is 4.74 Å². The Kier molecular flexibility index (Phi) is 5.11. The quantitative estimate of drug-likeness (QED) is 0.574. The highest BCUT2D eigenvalue weighted by atomic mass is 79.9. The fraction of sp³-hybridized carbons (Fsp3) is 0.125. The van der Waals surface area contributed by atoms with Gasteiger partial charge in [0.1, 0.15) is 6.61 Å². The van der Waals surface area contributed by atoms with Crippen LogP contribution in [0.15, 0.2) is 58.6 Å². The summed E-state index contributed by atoms with van der Waals surface area (Å²) in [4.78, 5) is 10.6. The summed E-state index contributed by atoms with van der Waals surface area (Å²) in [5.74, 6) is 0.268. The smallest absolute Gasteiger partial charge is 0.312 e. The van der Waals surface area contributed by atoms with Crippen molar-refractivity contribution >= 4 is 27.7 Å². The lowest BCUT2D eigenvalue weighted by atomic mass is 10.1. The molecular formula is C16H14BrNO3. The van der Waals surface area contributed by atoms with E-state index in [1.165, 1.54) is 6.07 Å². The third kappa shape index (κ3) is 4.43. The number of nitrogens with zero attached hydrogens (tertiary/aromatic N) is 1. The van der Waals surface area contributed by atoms with Crippen LogP contribution in [0, 0.1) is 10.1 Å². The van der Waals surface area contributed by atoms with E-state index in [9.17, 15) is 10.1 Å². The standard InChI is InChI=1S/C16H14BrNO3/c1-12(9-13-5-3-2-4-6-13)11-21-16-8-7-14(17)10-15(16)18(19)20/h2-10H,11H2,1H3. The van der Waals surface area contributed by atoms with Gasteiger partial charge in [-0.3, -0.25) is 10.1 Å². The third-order valence-electron chi connectivity index (χ3n) is 2.79. The van der Waals surface area contributed by atoms with Crippen molar-refractivity contribution in [2.75, 3.05) is 6.61 Å². The molecule has 0 fully saturated rings. The lowest BCUT2D eigenvalue weighted by Gasteiger charge is -2.07. The van der Waals surface area contributed by atoms with Gasteiger partial charge in [0.05, 0.1) is 4.92 Å². The maximum atomic E-state index is 11.0.